The zero-order valence-corrected chi connectivity index (χ0v) is 16.0. The zero-order valence-electron chi connectivity index (χ0n) is 16.0. The van der Waals surface area contributed by atoms with E-state index in [1.54, 1.807) is 54.3 Å². The standard InChI is InChI=1S/C21H18FN5O3/c1-26-11-10-23-19(26)18(15-8-4-5-9-16(15)22)24-17(28)12-27-21(30)14-7-3-2-6-13(14)20(29)25-27/h2-11,18H,12H2,1H3,(H,24,28)(H,25,29)/t18-/m1/s1. The van der Waals surface area contributed by atoms with Crippen LogP contribution in [0.1, 0.15) is 17.4 Å². The fourth-order valence-corrected chi connectivity index (χ4v) is 3.35. The SMILES string of the molecule is Cn1ccnc1[C@H](NC(=O)Cn1[nH]c(=O)c2ccccc2c1=O)c1ccccc1F. The summed E-state index contributed by atoms with van der Waals surface area (Å²) in [6, 6.07) is 11.5. The van der Waals surface area contributed by atoms with E-state index in [-0.39, 0.29) is 16.3 Å². The maximum absolute atomic E-state index is 14.4. The summed E-state index contributed by atoms with van der Waals surface area (Å²) in [5, 5.41) is 5.59. The van der Waals surface area contributed by atoms with E-state index >= 15 is 0 Å². The van der Waals surface area contributed by atoms with E-state index < -0.39 is 35.4 Å². The molecule has 2 aromatic carbocycles. The van der Waals surface area contributed by atoms with E-state index in [4.69, 9.17) is 0 Å². The molecule has 9 heteroatoms. The molecule has 0 saturated heterocycles. The number of amides is 1. The highest BCUT2D eigenvalue weighted by molar-refractivity contribution is 5.81. The molecule has 0 radical (unpaired) electrons. The van der Waals surface area contributed by atoms with Crippen molar-refractivity contribution in [2.75, 3.05) is 0 Å². The van der Waals surface area contributed by atoms with Gasteiger partial charge in [0, 0.05) is 25.0 Å². The van der Waals surface area contributed by atoms with Gasteiger partial charge in [-0.3, -0.25) is 19.5 Å². The van der Waals surface area contributed by atoms with Crippen LogP contribution in [0.3, 0.4) is 0 Å². The lowest BCUT2D eigenvalue weighted by molar-refractivity contribution is -0.122. The van der Waals surface area contributed by atoms with Crippen LogP contribution in [-0.4, -0.2) is 25.2 Å². The molecule has 8 nitrogen and oxygen atoms in total. The highest BCUT2D eigenvalue weighted by Crippen LogP contribution is 2.23. The largest absolute Gasteiger partial charge is 0.340 e. The lowest BCUT2D eigenvalue weighted by Crippen LogP contribution is -2.39. The molecule has 0 unspecified atom stereocenters. The van der Waals surface area contributed by atoms with Gasteiger partial charge in [0.2, 0.25) is 5.91 Å². The molecule has 1 atom stereocenters. The first kappa shape index (κ1) is 19.3. The number of aromatic amines is 1. The topological polar surface area (TPSA) is 102 Å². The van der Waals surface area contributed by atoms with Crippen molar-refractivity contribution in [2.45, 2.75) is 12.6 Å². The van der Waals surface area contributed by atoms with Crippen molar-refractivity contribution >= 4 is 16.7 Å². The summed E-state index contributed by atoms with van der Waals surface area (Å²) in [6.45, 7) is -0.436. The number of carbonyl (C=O) groups is 1. The first-order valence-electron chi connectivity index (χ1n) is 9.18. The van der Waals surface area contributed by atoms with Gasteiger partial charge in [-0.2, -0.15) is 0 Å². The number of hydrogen-bond donors (Lipinski definition) is 2. The van der Waals surface area contributed by atoms with Crippen LogP contribution in [0.5, 0.6) is 0 Å². The molecule has 0 aliphatic rings. The molecule has 30 heavy (non-hydrogen) atoms. The predicted molar refractivity (Wildman–Crippen MR) is 108 cm³/mol. The number of fused-ring (bicyclic) bond motifs is 1. The van der Waals surface area contributed by atoms with E-state index in [0.29, 0.717) is 5.82 Å². The average Bonchev–Trinajstić information content (AvgIpc) is 3.16. The Morgan fingerprint density at radius 1 is 1.13 bits per heavy atom. The molecule has 0 saturated carbocycles. The Morgan fingerprint density at radius 3 is 2.53 bits per heavy atom. The van der Waals surface area contributed by atoms with Crippen molar-refractivity contribution in [1.29, 1.82) is 0 Å². The van der Waals surface area contributed by atoms with Crippen molar-refractivity contribution in [3.63, 3.8) is 0 Å². The molecule has 1 amide bonds. The number of halogens is 1. The minimum absolute atomic E-state index is 0.212. The molecule has 2 N–H and O–H groups in total. The predicted octanol–water partition coefficient (Wildman–Crippen LogP) is 1.47. The van der Waals surface area contributed by atoms with E-state index in [9.17, 15) is 18.8 Å². The third kappa shape index (κ3) is 3.52. The minimum Gasteiger partial charge on any atom is -0.340 e. The second kappa shape index (κ2) is 7.78. The van der Waals surface area contributed by atoms with Crippen LogP contribution in [-0.2, 0) is 18.4 Å². The summed E-state index contributed by atoms with van der Waals surface area (Å²) in [6.07, 6.45) is 3.22. The number of nitrogens with zero attached hydrogens (tertiary/aromatic N) is 3. The number of benzene rings is 2. The Morgan fingerprint density at radius 2 is 1.83 bits per heavy atom. The number of nitrogens with one attached hydrogen (secondary N) is 2. The van der Waals surface area contributed by atoms with Crippen LogP contribution >= 0.6 is 0 Å². The highest BCUT2D eigenvalue weighted by atomic mass is 19.1. The fourth-order valence-electron chi connectivity index (χ4n) is 3.35. The van der Waals surface area contributed by atoms with Gasteiger partial charge in [-0.1, -0.05) is 30.3 Å². The summed E-state index contributed by atoms with van der Waals surface area (Å²) < 4.78 is 17.1. The smallest absolute Gasteiger partial charge is 0.273 e. The number of hydrogen-bond acceptors (Lipinski definition) is 4. The van der Waals surface area contributed by atoms with Gasteiger partial charge < -0.3 is 9.88 Å². The van der Waals surface area contributed by atoms with Gasteiger partial charge in [0.05, 0.1) is 10.8 Å². The second-order valence-electron chi connectivity index (χ2n) is 6.80. The van der Waals surface area contributed by atoms with Crippen molar-refractivity contribution in [2.24, 2.45) is 7.05 Å². The summed E-state index contributed by atoms with van der Waals surface area (Å²) in [4.78, 5) is 41.9. The molecule has 0 aliphatic heterocycles. The normalized spacial score (nSPS) is 12.1. The lowest BCUT2D eigenvalue weighted by Gasteiger charge is -2.20. The first-order chi connectivity index (χ1) is 14.5. The molecule has 2 aromatic heterocycles. The summed E-state index contributed by atoms with van der Waals surface area (Å²) in [5.74, 6) is -0.658. The van der Waals surface area contributed by atoms with E-state index in [1.807, 2.05) is 0 Å². The van der Waals surface area contributed by atoms with Crippen molar-refractivity contribution in [3.8, 4) is 0 Å². The van der Waals surface area contributed by atoms with Gasteiger partial charge >= 0.3 is 0 Å². The summed E-state index contributed by atoms with van der Waals surface area (Å²) in [7, 11) is 1.73. The maximum Gasteiger partial charge on any atom is 0.273 e. The zero-order chi connectivity index (χ0) is 21.3. The van der Waals surface area contributed by atoms with E-state index in [0.717, 1.165) is 4.68 Å². The number of aryl methyl sites for hydroxylation is 1. The van der Waals surface area contributed by atoms with Crippen LogP contribution in [0, 0.1) is 5.82 Å². The monoisotopic (exact) mass is 407 g/mol. The van der Waals surface area contributed by atoms with Crippen LogP contribution in [0.25, 0.3) is 10.8 Å². The van der Waals surface area contributed by atoms with E-state index in [2.05, 4.69) is 15.4 Å². The third-order valence-corrected chi connectivity index (χ3v) is 4.82. The molecule has 152 valence electrons. The Labute approximate surface area is 169 Å². The Balaban J connectivity index is 1.68. The molecule has 2 heterocycles. The molecule has 0 aliphatic carbocycles. The average molecular weight is 407 g/mol. The second-order valence-corrected chi connectivity index (χ2v) is 6.80. The lowest BCUT2D eigenvalue weighted by atomic mass is 10.1. The maximum atomic E-state index is 14.4. The first-order valence-corrected chi connectivity index (χ1v) is 9.18. The molecule has 4 aromatic rings. The molecular formula is C21H18FN5O3. The Kier molecular flexibility index (Phi) is 5.01. The molecule has 0 spiro atoms. The van der Waals surface area contributed by atoms with Gasteiger partial charge in [0.1, 0.15) is 24.2 Å². The Bertz CT molecular complexity index is 1350. The molecule has 0 fully saturated rings. The van der Waals surface area contributed by atoms with Crippen molar-refractivity contribution in [3.05, 3.63) is 98.8 Å². The number of H-pyrrole nitrogens is 1. The quantitative estimate of drug-likeness (QED) is 0.523. The van der Waals surface area contributed by atoms with Crippen molar-refractivity contribution in [1.82, 2.24) is 24.6 Å². The number of rotatable bonds is 5. The fraction of sp³-hybridized carbons (Fsp3) is 0.143. The number of carbonyl (C=O) groups excluding carboxylic acids is 1. The molecular weight excluding hydrogens is 389 g/mol. The van der Waals surface area contributed by atoms with Crippen LogP contribution in [0.4, 0.5) is 4.39 Å². The molecule has 0 bridgehead atoms. The van der Waals surface area contributed by atoms with Crippen LogP contribution in [0.2, 0.25) is 0 Å². The molecule has 4 rings (SSSR count). The van der Waals surface area contributed by atoms with Crippen LogP contribution in [0.15, 0.2) is 70.5 Å². The summed E-state index contributed by atoms with van der Waals surface area (Å²) >= 11 is 0. The number of aromatic nitrogens is 4. The minimum atomic E-state index is -0.874. The van der Waals surface area contributed by atoms with Crippen molar-refractivity contribution < 1.29 is 9.18 Å². The van der Waals surface area contributed by atoms with Gasteiger partial charge in [-0.05, 0) is 18.2 Å². The number of imidazole rings is 1. The van der Waals surface area contributed by atoms with Gasteiger partial charge in [0.15, 0.2) is 0 Å². The van der Waals surface area contributed by atoms with Gasteiger partial charge in [-0.15, -0.1) is 0 Å². The third-order valence-electron chi connectivity index (χ3n) is 4.82. The Hall–Kier alpha value is -4.01. The van der Waals surface area contributed by atoms with Crippen LogP contribution < -0.4 is 16.4 Å². The van der Waals surface area contributed by atoms with Gasteiger partial charge in [-0.25, -0.2) is 14.1 Å². The van der Waals surface area contributed by atoms with Gasteiger partial charge in [0.25, 0.3) is 11.1 Å². The summed E-state index contributed by atoms with van der Waals surface area (Å²) in [5.41, 5.74) is -0.743. The van der Waals surface area contributed by atoms with E-state index in [1.165, 1.54) is 18.2 Å². The highest BCUT2D eigenvalue weighted by Gasteiger charge is 2.24.